The predicted octanol–water partition coefficient (Wildman–Crippen LogP) is -1.62. The Morgan fingerprint density at radius 1 is 1.40 bits per heavy atom. The molecule has 0 unspecified atom stereocenters. The minimum atomic E-state index is -3.13. The summed E-state index contributed by atoms with van der Waals surface area (Å²) in [4.78, 5) is 14.3. The molecule has 0 rings (SSSR count). The van der Waals surface area contributed by atoms with Crippen LogP contribution in [0.25, 0.3) is 0 Å². The molecule has 2 N–H and O–H groups in total. The summed E-state index contributed by atoms with van der Waals surface area (Å²) in [5.41, 5.74) is 0. The summed E-state index contributed by atoms with van der Waals surface area (Å²) in [6.07, 6.45) is 0. The van der Waals surface area contributed by atoms with Crippen LogP contribution < -0.4 is 0 Å². The van der Waals surface area contributed by atoms with Gasteiger partial charge in [-0.15, -0.1) is 0 Å². The molecule has 5 heteroatoms. The molecule has 0 aromatic heterocycles. The van der Waals surface area contributed by atoms with E-state index in [-0.39, 0.29) is 16.5 Å². The Bertz CT molecular complexity index is 29.9. The normalized spacial score (nSPS) is 4.80. The Labute approximate surface area is 40.5 Å². The summed E-state index contributed by atoms with van der Waals surface area (Å²) < 4.78 is 8.74. The third-order valence-corrected chi connectivity index (χ3v) is 0. The Morgan fingerprint density at radius 2 is 1.40 bits per heavy atom. The van der Waals surface area contributed by atoms with Gasteiger partial charge >= 0.3 is 9.17 Å². The van der Waals surface area contributed by atoms with Gasteiger partial charge in [-0.2, -0.15) is 0 Å². The van der Waals surface area contributed by atoms with Gasteiger partial charge in [0.2, 0.25) is 0 Å². The Morgan fingerprint density at radius 3 is 1.40 bits per heavy atom. The number of rotatable bonds is 0. The summed E-state index contributed by atoms with van der Waals surface area (Å²) in [5, 5.41) is 0. The van der Waals surface area contributed by atoms with E-state index in [9.17, 15) is 0 Å². The van der Waals surface area contributed by atoms with Crippen LogP contribution in [0.15, 0.2) is 0 Å². The van der Waals surface area contributed by atoms with Crippen LogP contribution in [0.5, 0.6) is 0 Å². The first-order valence-corrected chi connectivity index (χ1v) is 1.95. The maximum atomic E-state index is 8.74. The monoisotopic (exact) mass is 136 g/mol. The van der Waals surface area contributed by atoms with Gasteiger partial charge in [0.05, 0.1) is 0 Å². The molecular weight excluding hydrogens is 135 g/mol. The molecule has 0 aromatic rings. The van der Waals surface area contributed by atoms with E-state index in [0.29, 0.717) is 0 Å². The Hall–Kier alpha value is 0.110. The molecule has 3 nitrogen and oxygen atoms in total. The van der Waals surface area contributed by atoms with Crippen molar-refractivity contribution in [1.82, 2.24) is 0 Å². The molecule has 0 saturated heterocycles. The van der Waals surface area contributed by atoms with Crippen LogP contribution in [-0.4, -0.2) is 18.8 Å². The molecule has 5 heavy (non-hydrogen) atoms. The second kappa shape index (κ2) is 4.11. The zero-order valence-electron chi connectivity index (χ0n) is 2.12. The van der Waals surface area contributed by atoms with Gasteiger partial charge < -0.3 is 9.59 Å². The maximum Gasteiger partial charge on any atom is 0.761 e. The van der Waals surface area contributed by atoms with E-state index in [1.165, 1.54) is 0 Å². The van der Waals surface area contributed by atoms with Gasteiger partial charge in [-0.05, 0) is 0 Å². The molecule has 0 radical (unpaired) electrons. The van der Waals surface area contributed by atoms with Crippen molar-refractivity contribution in [1.29, 1.82) is 0 Å². The fourth-order valence-electron chi connectivity index (χ4n) is 0. The van der Waals surface area contributed by atoms with E-state index in [1.54, 1.807) is 0 Å². The first kappa shape index (κ1) is 8.92. The average molecular weight is 137 g/mol. The fourth-order valence-corrected chi connectivity index (χ4v) is 0. The van der Waals surface area contributed by atoms with E-state index < -0.39 is 9.17 Å². The number of hydrogen-bond acceptors (Lipinski definition) is 1. The molecule has 0 aliphatic rings. The van der Waals surface area contributed by atoms with Gasteiger partial charge in [-0.25, -0.2) is 0 Å². The van der Waals surface area contributed by atoms with Crippen molar-refractivity contribution in [2.75, 3.05) is 0 Å². The standard InChI is InChI=1S/Ni.H2O3Si/c;1-4(2)3/h;1-2H. The first-order chi connectivity index (χ1) is 1.73. The molecule has 34 valence electrons. The molecule has 0 heterocycles. The molecule has 0 amide bonds. The quantitative estimate of drug-likeness (QED) is 0.394. The summed E-state index contributed by atoms with van der Waals surface area (Å²) in [7, 11) is -3.13. The third-order valence-electron chi connectivity index (χ3n) is 0. The van der Waals surface area contributed by atoms with E-state index in [1.807, 2.05) is 0 Å². The molecule has 0 aliphatic heterocycles. The molecule has 0 bridgehead atoms. The second-order valence-electron chi connectivity index (χ2n) is 0.283. The molecule has 0 atom stereocenters. The first-order valence-electron chi connectivity index (χ1n) is 0.651. The van der Waals surface area contributed by atoms with Gasteiger partial charge in [-0.1, -0.05) is 0 Å². The summed E-state index contributed by atoms with van der Waals surface area (Å²) in [6.45, 7) is 0. The summed E-state index contributed by atoms with van der Waals surface area (Å²) in [5.74, 6) is 0. The minimum absolute atomic E-state index is 0. The average Bonchev–Trinajstić information content (AvgIpc) is 0.811. The van der Waals surface area contributed by atoms with Gasteiger partial charge in [0.25, 0.3) is 0 Å². The largest absolute Gasteiger partial charge is 0.761 e. The Kier molecular flexibility index (Phi) is 7.34. The van der Waals surface area contributed by atoms with E-state index in [2.05, 4.69) is 0 Å². The zero-order valence-corrected chi connectivity index (χ0v) is 4.11. The van der Waals surface area contributed by atoms with Gasteiger partial charge in [0.1, 0.15) is 0 Å². The van der Waals surface area contributed by atoms with Crippen molar-refractivity contribution in [3.63, 3.8) is 0 Å². The van der Waals surface area contributed by atoms with E-state index in [4.69, 9.17) is 14.1 Å². The predicted molar refractivity (Wildman–Crippen MR) is 10.9 cm³/mol. The smallest absolute Gasteiger partial charge is 0.511 e. The van der Waals surface area contributed by atoms with Crippen molar-refractivity contribution < 1.29 is 30.5 Å². The summed E-state index contributed by atoms with van der Waals surface area (Å²) >= 11 is 0. The molecule has 0 saturated carbocycles. The topological polar surface area (TPSA) is 57.5 Å². The summed E-state index contributed by atoms with van der Waals surface area (Å²) in [6, 6.07) is 0. The van der Waals surface area contributed by atoms with Gasteiger partial charge in [0.15, 0.2) is 0 Å². The Balaban J connectivity index is 0. The zero-order chi connectivity index (χ0) is 3.58. The van der Waals surface area contributed by atoms with Crippen molar-refractivity contribution in [2.45, 2.75) is 0 Å². The van der Waals surface area contributed by atoms with Gasteiger partial charge in [0, 0.05) is 16.5 Å². The molecule has 0 aromatic carbocycles. The number of hydrogen-bond donors (Lipinski definition) is 2. The maximum absolute atomic E-state index is 8.74. The van der Waals surface area contributed by atoms with Crippen molar-refractivity contribution in [3.05, 3.63) is 0 Å². The van der Waals surface area contributed by atoms with E-state index in [0.717, 1.165) is 0 Å². The molecular formula is H2NiO3Si. The van der Waals surface area contributed by atoms with Gasteiger partial charge in [-0.3, -0.25) is 4.46 Å². The fraction of sp³-hybridized carbons (Fsp3) is 0. The SMILES string of the molecule is O=[Si](O)O.[Ni]. The van der Waals surface area contributed by atoms with Crippen LogP contribution >= 0.6 is 0 Å². The van der Waals surface area contributed by atoms with E-state index >= 15 is 0 Å². The second-order valence-corrected chi connectivity index (χ2v) is 0.848. The molecule has 0 spiro atoms. The van der Waals surface area contributed by atoms with Crippen LogP contribution in [-0.2, 0) is 21.0 Å². The minimum Gasteiger partial charge on any atom is -0.511 e. The van der Waals surface area contributed by atoms with Crippen LogP contribution in [0, 0.1) is 0 Å². The van der Waals surface area contributed by atoms with Crippen LogP contribution in [0.4, 0.5) is 0 Å². The molecule has 0 aliphatic carbocycles. The van der Waals surface area contributed by atoms with Crippen LogP contribution in [0.1, 0.15) is 0 Å². The van der Waals surface area contributed by atoms with Crippen molar-refractivity contribution >= 4 is 9.17 Å². The molecule has 0 fully saturated rings. The van der Waals surface area contributed by atoms with Crippen molar-refractivity contribution in [3.8, 4) is 0 Å². The van der Waals surface area contributed by atoms with Crippen molar-refractivity contribution in [2.24, 2.45) is 0 Å². The third kappa shape index (κ3) is 1500. The van der Waals surface area contributed by atoms with Crippen LogP contribution in [0.3, 0.4) is 0 Å². The van der Waals surface area contributed by atoms with Crippen LogP contribution in [0.2, 0.25) is 0 Å².